The van der Waals surface area contributed by atoms with Crippen LogP contribution in [0, 0.1) is 0 Å². The van der Waals surface area contributed by atoms with E-state index in [9.17, 15) is 8.42 Å². The summed E-state index contributed by atoms with van der Waals surface area (Å²) < 4.78 is 34.7. The second-order valence-corrected chi connectivity index (χ2v) is 3.75. The van der Waals surface area contributed by atoms with E-state index in [-0.39, 0.29) is 28.3 Å². The van der Waals surface area contributed by atoms with Gasteiger partial charge in [0.2, 0.25) is 0 Å². The van der Waals surface area contributed by atoms with E-state index in [4.69, 9.17) is 4.55 Å². The second-order valence-electron chi connectivity index (χ2n) is 2.36. The maximum absolute atomic E-state index is 10.8. The molecular weight excluding hydrogens is 232 g/mol. The number of nitrogens with zero attached hydrogens (tertiary/aromatic N) is 2. The Morgan fingerprint density at radius 2 is 2.00 bits per heavy atom. The van der Waals surface area contributed by atoms with Gasteiger partial charge in [0.25, 0.3) is 10.1 Å². The molecule has 0 unspecified atom stereocenters. The van der Waals surface area contributed by atoms with Gasteiger partial charge in [-0.15, -0.1) is 12.4 Å². The van der Waals surface area contributed by atoms with Crippen molar-refractivity contribution >= 4 is 33.6 Å². The molecule has 0 bridgehead atoms. The molecule has 76 valence electrons. The van der Waals surface area contributed by atoms with Crippen LogP contribution in [0.2, 0.25) is 0 Å². The molecule has 0 atom stereocenters. The summed E-state index contributed by atoms with van der Waals surface area (Å²) >= 11 is 0. The van der Waals surface area contributed by atoms with Gasteiger partial charge in [-0.3, -0.25) is 4.55 Å². The summed E-state index contributed by atoms with van der Waals surface area (Å²) in [4.78, 5) is -0.300. The highest BCUT2D eigenvalue weighted by Crippen LogP contribution is 2.18. The van der Waals surface area contributed by atoms with Crippen LogP contribution in [-0.2, 0) is 10.1 Å². The van der Waals surface area contributed by atoms with Gasteiger partial charge in [0, 0.05) is 0 Å². The molecule has 0 aliphatic rings. The first-order chi connectivity index (χ1) is 6.09. The van der Waals surface area contributed by atoms with Crippen LogP contribution in [0.3, 0.4) is 0 Å². The van der Waals surface area contributed by atoms with Crippen molar-refractivity contribution in [2.45, 2.75) is 4.90 Å². The number of hydrogen-bond donors (Lipinski definition) is 1. The van der Waals surface area contributed by atoms with E-state index in [1.165, 1.54) is 18.2 Å². The Bertz CT molecular complexity index is 550. The third kappa shape index (κ3) is 1.69. The summed E-state index contributed by atoms with van der Waals surface area (Å²) in [7, 11) is -4.26. The maximum Gasteiger partial charge on any atom is 0.296 e. The van der Waals surface area contributed by atoms with Gasteiger partial charge < -0.3 is 0 Å². The summed E-state index contributed by atoms with van der Waals surface area (Å²) in [5, 5.41) is 6.79. The second kappa shape index (κ2) is 3.52. The number of hydrogen-bond acceptors (Lipinski definition) is 5. The number of benzene rings is 1. The fraction of sp³-hybridized carbons (Fsp3) is 0. The molecule has 0 aliphatic carbocycles. The number of halogens is 1. The van der Waals surface area contributed by atoms with Gasteiger partial charge >= 0.3 is 0 Å². The third-order valence-electron chi connectivity index (χ3n) is 1.53. The third-order valence-corrected chi connectivity index (χ3v) is 2.41. The molecule has 6 nitrogen and oxygen atoms in total. The quantitative estimate of drug-likeness (QED) is 0.739. The summed E-state index contributed by atoms with van der Waals surface area (Å²) in [6, 6.07) is 4.19. The lowest BCUT2D eigenvalue weighted by Gasteiger charge is -1.93. The monoisotopic (exact) mass is 236 g/mol. The van der Waals surface area contributed by atoms with Crippen LogP contribution in [0.4, 0.5) is 0 Å². The molecule has 0 aliphatic heterocycles. The summed E-state index contributed by atoms with van der Waals surface area (Å²) in [5.74, 6) is 0. The van der Waals surface area contributed by atoms with Crippen molar-refractivity contribution < 1.29 is 17.6 Å². The van der Waals surface area contributed by atoms with Crippen molar-refractivity contribution in [3.05, 3.63) is 18.2 Å². The maximum atomic E-state index is 10.8. The molecular formula is C6H5ClN2O4S. The van der Waals surface area contributed by atoms with Gasteiger partial charge in [-0.05, 0) is 22.4 Å². The minimum absolute atomic E-state index is 0. The van der Waals surface area contributed by atoms with Gasteiger partial charge in [0.05, 0.1) is 0 Å². The molecule has 0 spiro atoms. The van der Waals surface area contributed by atoms with Crippen LogP contribution in [0.1, 0.15) is 0 Å². The van der Waals surface area contributed by atoms with Crippen molar-refractivity contribution in [3.8, 4) is 0 Å². The predicted octanol–water partition coefficient (Wildman–Crippen LogP) is 0.891. The molecule has 8 heteroatoms. The average Bonchev–Trinajstić information content (AvgIpc) is 2.48. The van der Waals surface area contributed by atoms with Crippen molar-refractivity contribution in [2.75, 3.05) is 0 Å². The molecule has 1 aromatic carbocycles. The van der Waals surface area contributed by atoms with E-state index in [1.807, 2.05) is 0 Å². The Morgan fingerprint density at radius 1 is 1.29 bits per heavy atom. The molecule has 2 aromatic rings. The Balaban J connectivity index is 0.000000980. The largest absolute Gasteiger partial charge is 0.296 e. The number of rotatable bonds is 1. The minimum atomic E-state index is -4.26. The predicted molar refractivity (Wildman–Crippen MR) is 48.9 cm³/mol. The van der Waals surface area contributed by atoms with Crippen molar-refractivity contribution in [1.82, 2.24) is 10.3 Å². The zero-order chi connectivity index (χ0) is 9.47. The summed E-state index contributed by atoms with van der Waals surface area (Å²) in [6.45, 7) is 0. The molecule has 0 saturated carbocycles. The highest BCUT2D eigenvalue weighted by molar-refractivity contribution is 7.86. The molecule has 2 rings (SSSR count). The van der Waals surface area contributed by atoms with Crippen molar-refractivity contribution in [1.29, 1.82) is 0 Å². The first-order valence-electron chi connectivity index (χ1n) is 3.28. The Hall–Kier alpha value is -1.18. The Kier molecular flexibility index (Phi) is 2.74. The zero-order valence-electron chi connectivity index (χ0n) is 6.61. The lowest BCUT2D eigenvalue weighted by molar-refractivity contribution is 0.315. The lowest BCUT2D eigenvalue weighted by atomic mass is 10.3. The lowest BCUT2D eigenvalue weighted by Crippen LogP contribution is -1.98. The van der Waals surface area contributed by atoms with Crippen LogP contribution in [0.5, 0.6) is 0 Å². The molecule has 0 radical (unpaired) electrons. The van der Waals surface area contributed by atoms with Gasteiger partial charge in [0.15, 0.2) is 5.52 Å². The highest BCUT2D eigenvalue weighted by atomic mass is 35.5. The van der Waals surface area contributed by atoms with E-state index < -0.39 is 10.1 Å². The normalized spacial score (nSPS) is 11.2. The van der Waals surface area contributed by atoms with E-state index in [1.54, 1.807) is 0 Å². The van der Waals surface area contributed by atoms with Crippen LogP contribution < -0.4 is 0 Å². The molecule has 1 heterocycles. The zero-order valence-corrected chi connectivity index (χ0v) is 8.25. The van der Waals surface area contributed by atoms with E-state index >= 15 is 0 Å². The van der Waals surface area contributed by atoms with Crippen LogP contribution in [0.15, 0.2) is 27.7 Å². The minimum Gasteiger partial charge on any atom is -0.282 e. The smallest absolute Gasteiger partial charge is 0.282 e. The van der Waals surface area contributed by atoms with Crippen molar-refractivity contribution in [3.63, 3.8) is 0 Å². The number of fused-ring (bicyclic) bond motifs is 1. The number of aromatic nitrogens is 2. The first-order valence-corrected chi connectivity index (χ1v) is 4.72. The Morgan fingerprint density at radius 3 is 2.64 bits per heavy atom. The van der Waals surface area contributed by atoms with E-state index in [0.29, 0.717) is 0 Å². The Labute approximate surface area is 85.0 Å². The fourth-order valence-corrected chi connectivity index (χ4v) is 1.63. The molecule has 0 saturated heterocycles. The first kappa shape index (κ1) is 10.9. The topological polar surface area (TPSA) is 93.3 Å². The van der Waals surface area contributed by atoms with Crippen LogP contribution in [0.25, 0.3) is 11.0 Å². The van der Waals surface area contributed by atoms with E-state index in [0.717, 1.165) is 0 Å². The van der Waals surface area contributed by atoms with Gasteiger partial charge in [-0.25, -0.2) is 4.63 Å². The molecule has 14 heavy (non-hydrogen) atoms. The van der Waals surface area contributed by atoms with Gasteiger partial charge in [-0.1, -0.05) is 6.07 Å². The molecule has 1 N–H and O–H groups in total. The summed E-state index contributed by atoms with van der Waals surface area (Å²) in [6.07, 6.45) is 0. The van der Waals surface area contributed by atoms with Crippen LogP contribution >= 0.6 is 12.4 Å². The standard InChI is InChI=1S/C6H4N2O4S.ClH/c9-13(10,11)5-3-1-2-4-6(5)8-12-7-4;/h1-3H,(H,9,10,11);1H. The van der Waals surface area contributed by atoms with E-state index in [2.05, 4.69) is 14.9 Å². The molecule has 0 fully saturated rings. The summed E-state index contributed by atoms with van der Waals surface area (Å²) in [5.41, 5.74) is 0.320. The SMILES string of the molecule is Cl.O=S(=O)(O)c1cccc2nonc12. The average molecular weight is 237 g/mol. The van der Waals surface area contributed by atoms with Gasteiger partial charge in [0.1, 0.15) is 10.4 Å². The van der Waals surface area contributed by atoms with Gasteiger partial charge in [-0.2, -0.15) is 8.42 Å². The van der Waals surface area contributed by atoms with Crippen molar-refractivity contribution in [2.24, 2.45) is 0 Å². The molecule has 0 amide bonds. The highest BCUT2D eigenvalue weighted by Gasteiger charge is 2.16. The fourth-order valence-electron chi connectivity index (χ4n) is 0.990. The molecule has 1 aromatic heterocycles. The van der Waals surface area contributed by atoms with Crippen LogP contribution in [-0.4, -0.2) is 23.3 Å².